The predicted octanol–water partition coefficient (Wildman–Crippen LogP) is 3.05. The van der Waals surface area contributed by atoms with E-state index in [0.29, 0.717) is 11.8 Å². The second-order valence-electron chi connectivity index (χ2n) is 5.87. The third kappa shape index (κ3) is 2.29. The van der Waals surface area contributed by atoms with Crippen molar-refractivity contribution in [2.24, 2.45) is 11.8 Å². The topological polar surface area (TPSA) is 20.3 Å². The molecule has 1 saturated carbocycles. The van der Waals surface area contributed by atoms with Crippen LogP contribution < -0.4 is 0 Å². The molecule has 1 saturated heterocycles. The highest BCUT2D eigenvalue weighted by molar-refractivity contribution is 5.83. The Labute approximate surface area is 109 Å². The van der Waals surface area contributed by atoms with E-state index in [0.717, 1.165) is 25.4 Å². The van der Waals surface area contributed by atoms with Crippen LogP contribution in [-0.2, 0) is 4.79 Å². The van der Waals surface area contributed by atoms with Gasteiger partial charge in [-0.2, -0.15) is 0 Å². The van der Waals surface area contributed by atoms with E-state index in [-0.39, 0.29) is 5.92 Å². The lowest BCUT2D eigenvalue weighted by molar-refractivity contribution is -0.134. The van der Waals surface area contributed by atoms with Crippen molar-refractivity contribution in [1.82, 2.24) is 4.90 Å². The molecule has 1 heterocycles. The second-order valence-corrected chi connectivity index (χ2v) is 5.87. The van der Waals surface area contributed by atoms with Gasteiger partial charge in [-0.05, 0) is 36.7 Å². The summed E-state index contributed by atoms with van der Waals surface area (Å²) in [5.74, 6) is 1.94. The van der Waals surface area contributed by atoms with Crippen LogP contribution >= 0.6 is 0 Å². The van der Waals surface area contributed by atoms with Gasteiger partial charge in [-0.25, -0.2) is 0 Å². The molecule has 0 unspecified atom stereocenters. The molecule has 0 aromatic heterocycles. The van der Waals surface area contributed by atoms with Gasteiger partial charge in [0.1, 0.15) is 0 Å². The molecule has 2 nitrogen and oxygen atoms in total. The molecule has 2 atom stereocenters. The maximum absolute atomic E-state index is 12.4. The molecule has 2 fully saturated rings. The number of benzene rings is 1. The fraction of sp³-hybridized carbons (Fsp3) is 0.562. The molecule has 1 amide bonds. The Morgan fingerprint density at radius 3 is 2.50 bits per heavy atom. The average molecular weight is 243 g/mol. The predicted molar refractivity (Wildman–Crippen MR) is 72.3 cm³/mol. The number of carbonyl (C=O) groups is 1. The SMILES string of the molecule is CC1CCN(C(=O)[C@@H]2C[C@H]2c2ccccc2)CC1. The lowest BCUT2D eigenvalue weighted by Gasteiger charge is -2.30. The summed E-state index contributed by atoms with van der Waals surface area (Å²) in [5, 5.41) is 0. The fourth-order valence-electron chi connectivity index (χ4n) is 3.00. The van der Waals surface area contributed by atoms with Crippen molar-refractivity contribution in [1.29, 1.82) is 0 Å². The Bertz CT molecular complexity index is 420. The van der Waals surface area contributed by atoms with E-state index in [4.69, 9.17) is 0 Å². The van der Waals surface area contributed by atoms with Crippen molar-refractivity contribution >= 4 is 5.91 Å². The number of likely N-dealkylation sites (tertiary alicyclic amines) is 1. The third-order valence-electron chi connectivity index (χ3n) is 4.43. The van der Waals surface area contributed by atoms with E-state index in [1.54, 1.807) is 0 Å². The van der Waals surface area contributed by atoms with Crippen molar-refractivity contribution in [2.75, 3.05) is 13.1 Å². The molecule has 0 spiro atoms. The first kappa shape index (κ1) is 11.8. The lowest BCUT2D eigenvalue weighted by Crippen LogP contribution is -2.39. The lowest BCUT2D eigenvalue weighted by atomic mass is 9.98. The summed E-state index contributed by atoms with van der Waals surface area (Å²) < 4.78 is 0. The molecular weight excluding hydrogens is 222 g/mol. The zero-order valence-corrected chi connectivity index (χ0v) is 11.0. The first-order chi connectivity index (χ1) is 8.75. The van der Waals surface area contributed by atoms with E-state index in [9.17, 15) is 4.79 Å². The molecule has 18 heavy (non-hydrogen) atoms. The van der Waals surface area contributed by atoms with E-state index in [1.807, 2.05) is 6.07 Å². The van der Waals surface area contributed by atoms with Crippen LogP contribution in [0.2, 0.25) is 0 Å². The van der Waals surface area contributed by atoms with Gasteiger partial charge in [0, 0.05) is 19.0 Å². The van der Waals surface area contributed by atoms with Crippen LogP contribution in [0.25, 0.3) is 0 Å². The minimum absolute atomic E-state index is 0.265. The summed E-state index contributed by atoms with van der Waals surface area (Å²) >= 11 is 0. The standard InChI is InChI=1S/C16H21NO/c1-12-7-9-17(10-8-12)16(18)15-11-14(15)13-5-3-2-4-6-13/h2-6,12,14-15H,7-11H2,1H3/t14-,15+/m0/s1. The quantitative estimate of drug-likeness (QED) is 0.782. The molecule has 1 aliphatic heterocycles. The zero-order valence-electron chi connectivity index (χ0n) is 11.0. The van der Waals surface area contributed by atoms with Crippen LogP contribution in [0.5, 0.6) is 0 Å². The number of carbonyl (C=O) groups excluding carboxylic acids is 1. The van der Waals surface area contributed by atoms with Crippen LogP contribution in [0, 0.1) is 11.8 Å². The van der Waals surface area contributed by atoms with E-state index < -0.39 is 0 Å². The van der Waals surface area contributed by atoms with Crippen molar-refractivity contribution in [3.05, 3.63) is 35.9 Å². The van der Waals surface area contributed by atoms with E-state index in [1.165, 1.54) is 18.4 Å². The number of hydrogen-bond acceptors (Lipinski definition) is 1. The summed E-state index contributed by atoms with van der Waals surface area (Å²) in [6.07, 6.45) is 3.40. The monoisotopic (exact) mass is 243 g/mol. The van der Waals surface area contributed by atoms with E-state index >= 15 is 0 Å². The number of rotatable bonds is 2. The molecule has 1 aromatic carbocycles. The van der Waals surface area contributed by atoms with Gasteiger partial charge >= 0.3 is 0 Å². The molecule has 2 heteroatoms. The normalized spacial score (nSPS) is 28.2. The molecule has 2 aliphatic rings. The number of amides is 1. The summed E-state index contributed by atoms with van der Waals surface area (Å²) in [5.41, 5.74) is 1.33. The molecular formula is C16H21NO. The van der Waals surface area contributed by atoms with Gasteiger partial charge in [-0.3, -0.25) is 4.79 Å². The van der Waals surface area contributed by atoms with Crippen molar-refractivity contribution in [3.8, 4) is 0 Å². The molecule has 3 rings (SSSR count). The highest BCUT2D eigenvalue weighted by Gasteiger charge is 2.45. The molecule has 0 radical (unpaired) electrons. The smallest absolute Gasteiger partial charge is 0.226 e. The highest BCUT2D eigenvalue weighted by Crippen LogP contribution is 2.48. The van der Waals surface area contributed by atoms with Gasteiger partial charge in [0.2, 0.25) is 5.91 Å². The maximum Gasteiger partial charge on any atom is 0.226 e. The number of piperidine rings is 1. The van der Waals surface area contributed by atoms with Gasteiger partial charge in [0.25, 0.3) is 0 Å². The Balaban J connectivity index is 1.59. The summed E-state index contributed by atoms with van der Waals surface area (Å²) in [4.78, 5) is 14.5. The van der Waals surface area contributed by atoms with Crippen LogP contribution in [-0.4, -0.2) is 23.9 Å². The van der Waals surface area contributed by atoms with Crippen LogP contribution in [0.15, 0.2) is 30.3 Å². The van der Waals surface area contributed by atoms with Crippen molar-refractivity contribution in [3.63, 3.8) is 0 Å². The van der Waals surface area contributed by atoms with Crippen LogP contribution in [0.1, 0.15) is 37.7 Å². The van der Waals surface area contributed by atoms with Gasteiger partial charge in [0.05, 0.1) is 0 Å². The zero-order chi connectivity index (χ0) is 12.5. The third-order valence-corrected chi connectivity index (χ3v) is 4.43. The largest absolute Gasteiger partial charge is 0.342 e. The minimum Gasteiger partial charge on any atom is -0.342 e. The first-order valence-corrected chi connectivity index (χ1v) is 7.09. The van der Waals surface area contributed by atoms with Crippen molar-refractivity contribution in [2.45, 2.75) is 32.1 Å². The minimum atomic E-state index is 0.265. The Morgan fingerprint density at radius 2 is 1.83 bits per heavy atom. The first-order valence-electron chi connectivity index (χ1n) is 7.09. The summed E-state index contributed by atoms with van der Waals surface area (Å²) in [6, 6.07) is 10.5. The molecule has 96 valence electrons. The van der Waals surface area contributed by atoms with Gasteiger partial charge in [0.15, 0.2) is 0 Å². The second kappa shape index (κ2) is 4.75. The Hall–Kier alpha value is -1.31. The summed E-state index contributed by atoms with van der Waals surface area (Å²) in [7, 11) is 0. The van der Waals surface area contributed by atoms with Crippen LogP contribution in [0.3, 0.4) is 0 Å². The molecule has 0 N–H and O–H groups in total. The fourth-order valence-corrected chi connectivity index (χ4v) is 3.00. The van der Waals surface area contributed by atoms with Crippen molar-refractivity contribution < 1.29 is 4.79 Å². The average Bonchev–Trinajstić information content (AvgIpc) is 3.20. The molecule has 1 aromatic rings. The Kier molecular flexibility index (Phi) is 3.11. The summed E-state index contributed by atoms with van der Waals surface area (Å²) in [6.45, 7) is 4.22. The van der Waals surface area contributed by atoms with Gasteiger partial charge in [-0.1, -0.05) is 37.3 Å². The molecule has 0 bridgehead atoms. The van der Waals surface area contributed by atoms with E-state index in [2.05, 4.69) is 36.1 Å². The molecule has 1 aliphatic carbocycles. The Morgan fingerprint density at radius 1 is 1.17 bits per heavy atom. The highest BCUT2D eigenvalue weighted by atomic mass is 16.2. The number of nitrogens with zero attached hydrogens (tertiary/aromatic N) is 1. The number of hydrogen-bond donors (Lipinski definition) is 0. The van der Waals surface area contributed by atoms with Crippen LogP contribution in [0.4, 0.5) is 0 Å². The maximum atomic E-state index is 12.4. The van der Waals surface area contributed by atoms with Gasteiger partial charge in [-0.15, -0.1) is 0 Å². The van der Waals surface area contributed by atoms with Gasteiger partial charge < -0.3 is 4.90 Å².